The van der Waals surface area contributed by atoms with Crippen LogP contribution in [0.1, 0.15) is 50.8 Å². The van der Waals surface area contributed by atoms with E-state index in [2.05, 4.69) is 50.4 Å². The highest BCUT2D eigenvalue weighted by molar-refractivity contribution is 5.26. The van der Waals surface area contributed by atoms with E-state index in [0.29, 0.717) is 6.04 Å². The maximum atomic E-state index is 3.52. The molecule has 0 bridgehead atoms. The molecule has 1 heteroatoms. The monoisotopic (exact) mass is 205 g/mol. The number of aryl methyl sites for hydroxylation is 1. The average molecular weight is 205 g/mol. The topological polar surface area (TPSA) is 12.0 Å². The molecule has 0 aromatic heterocycles. The van der Waals surface area contributed by atoms with Crippen molar-refractivity contribution < 1.29 is 0 Å². The van der Waals surface area contributed by atoms with Crippen molar-refractivity contribution in [2.45, 2.75) is 46.1 Å². The van der Waals surface area contributed by atoms with Crippen LogP contribution >= 0.6 is 0 Å². The van der Waals surface area contributed by atoms with Gasteiger partial charge < -0.3 is 5.32 Å². The van der Waals surface area contributed by atoms with Crippen LogP contribution in [0.15, 0.2) is 24.3 Å². The molecule has 0 aliphatic rings. The first kappa shape index (κ1) is 12.3. The first-order valence-electron chi connectivity index (χ1n) is 6.14. The summed E-state index contributed by atoms with van der Waals surface area (Å²) in [5, 5.41) is 3.52. The molecule has 0 aliphatic carbocycles. The molecule has 0 aliphatic heterocycles. The third-order valence-electron chi connectivity index (χ3n) is 2.75. The van der Waals surface area contributed by atoms with Crippen molar-refractivity contribution in [2.75, 3.05) is 6.54 Å². The molecule has 15 heavy (non-hydrogen) atoms. The summed E-state index contributed by atoms with van der Waals surface area (Å²) in [5.74, 6) is 0. The van der Waals surface area contributed by atoms with Gasteiger partial charge in [-0.2, -0.15) is 0 Å². The minimum absolute atomic E-state index is 0.520. The van der Waals surface area contributed by atoms with E-state index >= 15 is 0 Å². The van der Waals surface area contributed by atoms with Crippen LogP contribution in [0.4, 0.5) is 0 Å². The summed E-state index contributed by atoms with van der Waals surface area (Å²) in [7, 11) is 0. The normalized spacial score (nSPS) is 12.7. The number of nitrogens with one attached hydrogen (secondary N) is 1. The fraction of sp³-hybridized carbons (Fsp3) is 0.571. The minimum Gasteiger partial charge on any atom is -0.310 e. The van der Waals surface area contributed by atoms with Crippen molar-refractivity contribution in [3.8, 4) is 0 Å². The predicted octanol–water partition coefficient (Wildman–Crippen LogP) is 3.70. The molecule has 1 atom stereocenters. The van der Waals surface area contributed by atoms with E-state index in [1.54, 1.807) is 0 Å². The molecule has 0 fully saturated rings. The SMILES string of the molecule is CCCc1cccc(C(CC)NCC)c1. The van der Waals surface area contributed by atoms with Gasteiger partial charge in [0.1, 0.15) is 0 Å². The molecule has 0 heterocycles. The van der Waals surface area contributed by atoms with Gasteiger partial charge in [-0.15, -0.1) is 0 Å². The Labute approximate surface area is 93.9 Å². The molecule has 84 valence electrons. The second kappa shape index (κ2) is 6.62. The lowest BCUT2D eigenvalue weighted by Crippen LogP contribution is -2.20. The van der Waals surface area contributed by atoms with E-state index in [9.17, 15) is 0 Å². The summed E-state index contributed by atoms with van der Waals surface area (Å²) in [6.45, 7) is 7.67. The van der Waals surface area contributed by atoms with Crippen LogP contribution in [-0.4, -0.2) is 6.54 Å². The Morgan fingerprint density at radius 3 is 2.60 bits per heavy atom. The fourth-order valence-corrected chi connectivity index (χ4v) is 2.00. The Bertz CT molecular complexity index is 280. The average Bonchev–Trinajstić information content (AvgIpc) is 2.27. The Hall–Kier alpha value is -0.820. The van der Waals surface area contributed by atoms with Crippen LogP contribution in [0, 0.1) is 0 Å². The van der Waals surface area contributed by atoms with Crippen LogP contribution < -0.4 is 5.32 Å². The quantitative estimate of drug-likeness (QED) is 0.746. The lowest BCUT2D eigenvalue weighted by Gasteiger charge is -2.17. The van der Waals surface area contributed by atoms with Gasteiger partial charge in [-0.3, -0.25) is 0 Å². The largest absolute Gasteiger partial charge is 0.310 e. The summed E-state index contributed by atoms with van der Waals surface area (Å²) in [6.07, 6.45) is 3.57. The summed E-state index contributed by atoms with van der Waals surface area (Å²) in [6, 6.07) is 9.51. The molecule has 0 saturated carbocycles. The van der Waals surface area contributed by atoms with Gasteiger partial charge in [0.15, 0.2) is 0 Å². The van der Waals surface area contributed by atoms with Crippen molar-refractivity contribution in [1.29, 1.82) is 0 Å². The Morgan fingerprint density at radius 1 is 1.20 bits per heavy atom. The second-order valence-corrected chi connectivity index (χ2v) is 4.01. The van der Waals surface area contributed by atoms with Gasteiger partial charge in [0.2, 0.25) is 0 Å². The number of rotatable bonds is 6. The third-order valence-corrected chi connectivity index (χ3v) is 2.75. The molecule has 0 spiro atoms. The summed E-state index contributed by atoms with van der Waals surface area (Å²) in [5.41, 5.74) is 2.90. The molecule has 1 N–H and O–H groups in total. The van der Waals surface area contributed by atoms with E-state index in [1.807, 2.05) is 0 Å². The molecule has 0 saturated heterocycles. The molecule has 0 radical (unpaired) electrons. The highest BCUT2D eigenvalue weighted by Crippen LogP contribution is 2.18. The van der Waals surface area contributed by atoms with Crippen molar-refractivity contribution in [1.82, 2.24) is 5.32 Å². The molecule has 1 unspecified atom stereocenters. The van der Waals surface area contributed by atoms with Gasteiger partial charge >= 0.3 is 0 Å². The van der Waals surface area contributed by atoms with Crippen molar-refractivity contribution in [3.05, 3.63) is 35.4 Å². The van der Waals surface area contributed by atoms with Gasteiger partial charge in [-0.05, 0) is 30.5 Å². The van der Waals surface area contributed by atoms with Gasteiger partial charge in [-0.25, -0.2) is 0 Å². The van der Waals surface area contributed by atoms with Crippen molar-refractivity contribution >= 4 is 0 Å². The van der Waals surface area contributed by atoms with E-state index in [1.165, 1.54) is 24.0 Å². The van der Waals surface area contributed by atoms with Crippen molar-refractivity contribution in [3.63, 3.8) is 0 Å². The maximum absolute atomic E-state index is 3.52. The maximum Gasteiger partial charge on any atom is 0.0317 e. The van der Waals surface area contributed by atoms with Gasteiger partial charge in [0.05, 0.1) is 0 Å². The summed E-state index contributed by atoms with van der Waals surface area (Å²) >= 11 is 0. The van der Waals surface area contributed by atoms with E-state index in [-0.39, 0.29) is 0 Å². The van der Waals surface area contributed by atoms with Crippen LogP contribution in [0.2, 0.25) is 0 Å². The zero-order valence-corrected chi connectivity index (χ0v) is 10.2. The van der Waals surface area contributed by atoms with E-state index in [4.69, 9.17) is 0 Å². The fourth-order valence-electron chi connectivity index (χ4n) is 2.00. The highest BCUT2D eigenvalue weighted by atomic mass is 14.9. The highest BCUT2D eigenvalue weighted by Gasteiger charge is 2.07. The molecular formula is C14H23N. The van der Waals surface area contributed by atoms with Crippen LogP contribution in [0.3, 0.4) is 0 Å². The number of hydrogen-bond donors (Lipinski definition) is 1. The Morgan fingerprint density at radius 2 is 2.00 bits per heavy atom. The van der Waals surface area contributed by atoms with E-state index in [0.717, 1.165) is 13.0 Å². The summed E-state index contributed by atoms with van der Waals surface area (Å²) < 4.78 is 0. The lowest BCUT2D eigenvalue weighted by atomic mass is 10.00. The Balaban J connectivity index is 2.77. The van der Waals surface area contributed by atoms with Crippen LogP contribution in [-0.2, 0) is 6.42 Å². The number of benzene rings is 1. The van der Waals surface area contributed by atoms with E-state index < -0.39 is 0 Å². The first-order valence-corrected chi connectivity index (χ1v) is 6.14. The first-order chi connectivity index (χ1) is 7.31. The molecule has 1 aromatic carbocycles. The molecule has 1 nitrogen and oxygen atoms in total. The molecule has 1 rings (SSSR count). The second-order valence-electron chi connectivity index (χ2n) is 4.01. The van der Waals surface area contributed by atoms with Gasteiger partial charge in [0, 0.05) is 6.04 Å². The predicted molar refractivity (Wildman–Crippen MR) is 67.1 cm³/mol. The standard InChI is InChI=1S/C14H23N/c1-4-8-12-9-7-10-13(11-12)14(5-2)15-6-3/h7,9-11,14-15H,4-6,8H2,1-3H3. The zero-order valence-electron chi connectivity index (χ0n) is 10.2. The zero-order chi connectivity index (χ0) is 11.1. The molecule has 0 amide bonds. The third kappa shape index (κ3) is 3.67. The summed E-state index contributed by atoms with van der Waals surface area (Å²) in [4.78, 5) is 0. The van der Waals surface area contributed by atoms with Crippen molar-refractivity contribution in [2.24, 2.45) is 0 Å². The molecular weight excluding hydrogens is 182 g/mol. The minimum atomic E-state index is 0.520. The van der Waals surface area contributed by atoms with Gasteiger partial charge in [-0.1, -0.05) is 51.5 Å². The molecule has 1 aromatic rings. The smallest absolute Gasteiger partial charge is 0.0317 e. The Kier molecular flexibility index (Phi) is 5.41. The number of hydrogen-bond acceptors (Lipinski definition) is 1. The van der Waals surface area contributed by atoms with Gasteiger partial charge in [0.25, 0.3) is 0 Å². The van der Waals surface area contributed by atoms with Crippen LogP contribution in [0.25, 0.3) is 0 Å². The van der Waals surface area contributed by atoms with Crippen LogP contribution in [0.5, 0.6) is 0 Å². The lowest BCUT2D eigenvalue weighted by molar-refractivity contribution is 0.537.